The van der Waals surface area contributed by atoms with Gasteiger partial charge in [0.1, 0.15) is 5.15 Å². The van der Waals surface area contributed by atoms with Gasteiger partial charge in [-0.05, 0) is 41.2 Å². The Kier molecular flexibility index (Phi) is 4.56. The molecule has 17 heavy (non-hydrogen) atoms. The van der Waals surface area contributed by atoms with Gasteiger partial charge in [-0.15, -0.1) is 11.3 Å². The molecule has 90 valence electrons. The second kappa shape index (κ2) is 5.96. The summed E-state index contributed by atoms with van der Waals surface area (Å²) in [6.45, 7) is 1.72. The molecule has 2 aromatic heterocycles. The van der Waals surface area contributed by atoms with Crippen LogP contribution in [0, 0.1) is 0 Å². The smallest absolute Gasteiger partial charge is 0.129 e. The van der Waals surface area contributed by atoms with Gasteiger partial charge in [-0.25, -0.2) is 4.98 Å². The van der Waals surface area contributed by atoms with Gasteiger partial charge in [0.05, 0.1) is 5.69 Å². The van der Waals surface area contributed by atoms with Crippen LogP contribution in [-0.2, 0) is 13.1 Å². The fourth-order valence-electron chi connectivity index (χ4n) is 1.57. The number of rotatable bonds is 4. The number of pyridine rings is 1. The molecule has 5 heteroatoms. The molecule has 0 aromatic carbocycles. The topological polar surface area (TPSA) is 16.1 Å². The number of aromatic nitrogens is 1. The molecule has 0 unspecified atom stereocenters. The van der Waals surface area contributed by atoms with Crippen LogP contribution < -0.4 is 0 Å². The van der Waals surface area contributed by atoms with Gasteiger partial charge >= 0.3 is 0 Å². The van der Waals surface area contributed by atoms with Crippen LogP contribution in [-0.4, -0.2) is 16.9 Å². The lowest BCUT2D eigenvalue weighted by Gasteiger charge is -2.14. The minimum absolute atomic E-state index is 0.551. The molecule has 2 heterocycles. The van der Waals surface area contributed by atoms with E-state index in [9.17, 15) is 0 Å². The summed E-state index contributed by atoms with van der Waals surface area (Å²) in [6.07, 6.45) is 0. The highest BCUT2D eigenvalue weighted by Crippen LogP contribution is 2.21. The maximum absolute atomic E-state index is 5.86. The van der Waals surface area contributed by atoms with Crippen molar-refractivity contribution in [3.8, 4) is 0 Å². The zero-order chi connectivity index (χ0) is 12.3. The van der Waals surface area contributed by atoms with E-state index in [1.165, 1.54) is 4.88 Å². The van der Waals surface area contributed by atoms with Crippen molar-refractivity contribution in [2.45, 2.75) is 13.1 Å². The van der Waals surface area contributed by atoms with Crippen molar-refractivity contribution in [3.05, 3.63) is 49.8 Å². The monoisotopic (exact) mass is 330 g/mol. The summed E-state index contributed by atoms with van der Waals surface area (Å²) in [5.74, 6) is 0. The summed E-state index contributed by atoms with van der Waals surface area (Å²) >= 11 is 11.1. The van der Waals surface area contributed by atoms with Gasteiger partial charge in [0.25, 0.3) is 0 Å². The van der Waals surface area contributed by atoms with E-state index in [0.29, 0.717) is 5.15 Å². The van der Waals surface area contributed by atoms with Crippen molar-refractivity contribution in [1.29, 1.82) is 0 Å². The Morgan fingerprint density at radius 2 is 2.24 bits per heavy atom. The van der Waals surface area contributed by atoms with Gasteiger partial charge < -0.3 is 0 Å². The van der Waals surface area contributed by atoms with E-state index < -0.39 is 0 Å². The minimum Gasteiger partial charge on any atom is -0.295 e. The van der Waals surface area contributed by atoms with E-state index >= 15 is 0 Å². The zero-order valence-electron chi connectivity index (χ0n) is 9.36. The van der Waals surface area contributed by atoms with Crippen molar-refractivity contribution in [1.82, 2.24) is 9.88 Å². The summed E-state index contributed by atoms with van der Waals surface area (Å²) in [4.78, 5) is 7.83. The molecule has 0 aliphatic heterocycles. The van der Waals surface area contributed by atoms with Gasteiger partial charge in [0, 0.05) is 27.8 Å². The average molecular weight is 332 g/mol. The summed E-state index contributed by atoms with van der Waals surface area (Å²) in [5, 5.41) is 2.65. The molecule has 0 N–H and O–H groups in total. The molecule has 0 amide bonds. The fourth-order valence-corrected chi connectivity index (χ4v) is 3.29. The molecule has 0 fully saturated rings. The lowest BCUT2D eigenvalue weighted by molar-refractivity contribution is 0.318. The predicted molar refractivity (Wildman–Crippen MR) is 76.4 cm³/mol. The van der Waals surface area contributed by atoms with E-state index in [0.717, 1.165) is 23.3 Å². The van der Waals surface area contributed by atoms with Crippen LogP contribution in [0.15, 0.2) is 34.1 Å². The predicted octanol–water partition coefficient (Wildman–Crippen LogP) is 4.19. The first kappa shape index (κ1) is 13.0. The maximum Gasteiger partial charge on any atom is 0.129 e. The molecule has 2 rings (SSSR count). The Balaban J connectivity index is 1.95. The van der Waals surface area contributed by atoms with Crippen LogP contribution in [0.25, 0.3) is 0 Å². The van der Waals surface area contributed by atoms with Crippen LogP contribution in [0.2, 0.25) is 5.15 Å². The Morgan fingerprint density at radius 3 is 2.88 bits per heavy atom. The second-order valence-electron chi connectivity index (χ2n) is 3.86. The van der Waals surface area contributed by atoms with E-state index in [-0.39, 0.29) is 0 Å². The molecule has 0 atom stereocenters. The Morgan fingerprint density at radius 1 is 1.41 bits per heavy atom. The van der Waals surface area contributed by atoms with Crippen molar-refractivity contribution in [2.75, 3.05) is 7.05 Å². The van der Waals surface area contributed by atoms with E-state index in [1.54, 1.807) is 17.4 Å². The normalized spacial score (nSPS) is 11.1. The van der Waals surface area contributed by atoms with Crippen molar-refractivity contribution < 1.29 is 0 Å². The quantitative estimate of drug-likeness (QED) is 0.781. The van der Waals surface area contributed by atoms with Crippen molar-refractivity contribution >= 4 is 38.9 Å². The van der Waals surface area contributed by atoms with Crippen LogP contribution in [0.5, 0.6) is 0 Å². The van der Waals surface area contributed by atoms with Crippen LogP contribution >= 0.6 is 38.9 Å². The maximum atomic E-state index is 5.86. The first-order chi connectivity index (χ1) is 8.13. The Bertz CT molecular complexity index is 501. The molecule has 0 aliphatic carbocycles. The molecule has 0 saturated carbocycles. The number of thiophene rings is 1. The molecule has 2 nitrogen and oxygen atoms in total. The van der Waals surface area contributed by atoms with Gasteiger partial charge in [-0.1, -0.05) is 17.7 Å². The van der Waals surface area contributed by atoms with E-state index in [4.69, 9.17) is 11.6 Å². The average Bonchev–Trinajstić information content (AvgIpc) is 2.63. The first-order valence-electron chi connectivity index (χ1n) is 5.16. The van der Waals surface area contributed by atoms with Gasteiger partial charge in [0.2, 0.25) is 0 Å². The largest absolute Gasteiger partial charge is 0.295 e. The molecular weight excluding hydrogens is 320 g/mol. The third kappa shape index (κ3) is 4.07. The number of hydrogen-bond acceptors (Lipinski definition) is 3. The summed E-state index contributed by atoms with van der Waals surface area (Å²) in [7, 11) is 2.08. The summed E-state index contributed by atoms with van der Waals surface area (Å²) in [5.41, 5.74) is 0.996. The summed E-state index contributed by atoms with van der Waals surface area (Å²) in [6, 6.07) is 7.86. The fraction of sp³-hybridized carbons (Fsp3) is 0.250. The molecule has 2 aromatic rings. The van der Waals surface area contributed by atoms with Crippen molar-refractivity contribution in [3.63, 3.8) is 0 Å². The highest BCUT2D eigenvalue weighted by molar-refractivity contribution is 9.10. The first-order valence-corrected chi connectivity index (χ1v) is 7.21. The van der Waals surface area contributed by atoms with Gasteiger partial charge in [0.15, 0.2) is 0 Å². The second-order valence-corrected chi connectivity index (χ2v) is 6.15. The standard InChI is InChI=1S/C12H12BrClN2S/c1-16(7-11-5-9(13)8-17-11)6-10-3-2-4-12(14)15-10/h2-5,8H,6-7H2,1H3. The zero-order valence-corrected chi connectivity index (χ0v) is 12.5. The number of nitrogens with zero attached hydrogens (tertiary/aromatic N) is 2. The highest BCUT2D eigenvalue weighted by atomic mass is 79.9. The highest BCUT2D eigenvalue weighted by Gasteiger charge is 2.05. The van der Waals surface area contributed by atoms with Gasteiger partial charge in [-0.2, -0.15) is 0 Å². The van der Waals surface area contributed by atoms with Crippen LogP contribution in [0.1, 0.15) is 10.6 Å². The molecule has 0 bridgehead atoms. The lowest BCUT2D eigenvalue weighted by atomic mass is 10.3. The molecular formula is C12H12BrClN2S. The number of halogens is 2. The number of hydrogen-bond donors (Lipinski definition) is 0. The SMILES string of the molecule is CN(Cc1cccc(Cl)n1)Cc1cc(Br)cs1. The molecule has 0 aliphatic rings. The molecule has 0 spiro atoms. The molecule has 0 radical (unpaired) electrons. The van der Waals surface area contributed by atoms with Crippen LogP contribution in [0.3, 0.4) is 0 Å². The third-order valence-corrected chi connectivity index (χ3v) is 4.15. The Labute approximate surface area is 118 Å². The van der Waals surface area contributed by atoms with E-state index in [1.807, 2.05) is 12.1 Å². The lowest BCUT2D eigenvalue weighted by Crippen LogP contribution is -2.17. The van der Waals surface area contributed by atoms with Crippen molar-refractivity contribution in [2.24, 2.45) is 0 Å². The molecule has 0 saturated heterocycles. The Hall–Kier alpha value is -0.420. The van der Waals surface area contributed by atoms with Crippen LogP contribution in [0.4, 0.5) is 0 Å². The minimum atomic E-state index is 0.551. The van der Waals surface area contributed by atoms with Gasteiger partial charge in [-0.3, -0.25) is 4.90 Å². The summed E-state index contributed by atoms with van der Waals surface area (Å²) < 4.78 is 1.15. The van der Waals surface area contributed by atoms with E-state index in [2.05, 4.69) is 44.3 Å². The third-order valence-electron chi connectivity index (χ3n) is 2.25.